The van der Waals surface area contributed by atoms with Crippen molar-refractivity contribution in [2.24, 2.45) is 0 Å². The van der Waals surface area contributed by atoms with E-state index >= 15 is 0 Å². The number of nitrogens with one attached hydrogen (secondary N) is 1. The van der Waals surface area contributed by atoms with Crippen molar-refractivity contribution in [2.45, 2.75) is 32.9 Å². The van der Waals surface area contributed by atoms with Crippen LogP contribution < -0.4 is 10.1 Å². The molecule has 2 rings (SSSR count). The fourth-order valence-electron chi connectivity index (χ4n) is 1.89. The van der Waals surface area contributed by atoms with Gasteiger partial charge in [-0.3, -0.25) is 4.79 Å². The van der Waals surface area contributed by atoms with Crippen molar-refractivity contribution >= 4 is 5.91 Å². The zero-order valence-corrected chi connectivity index (χ0v) is 11.8. The Morgan fingerprint density at radius 1 is 1.30 bits per heavy atom. The molecule has 1 aromatic heterocycles. The highest BCUT2D eigenvalue weighted by Crippen LogP contribution is 2.19. The van der Waals surface area contributed by atoms with E-state index in [4.69, 9.17) is 9.15 Å². The number of benzene rings is 1. The third-order valence-corrected chi connectivity index (χ3v) is 3.04. The summed E-state index contributed by atoms with van der Waals surface area (Å²) < 4.78 is 10.9. The molecule has 1 aromatic carbocycles. The molecule has 20 heavy (non-hydrogen) atoms. The van der Waals surface area contributed by atoms with Crippen molar-refractivity contribution in [1.29, 1.82) is 0 Å². The van der Waals surface area contributed by atoms with Gasteiger partial charge in [0.1, 0.15) is 11.5 Å². The summed E-state index contributed by atoms with van der Waals surface area (Å²) in [5, 5.41) is 2.78. The Labute approximate surface area is 118 Å². The zero-order valence-electron chi connectivity index (χ0n) is 11.8. The summed E-state index contributed by atoms with van der Waals surface area (Å²) in [4.78, 5) is 12.0. The average Bonchev–Trinajstić information content (AvgIpc) is 2.98. The van der Waals surface area contributed by atoms with Gasteiger partial charge < -0.3 is 14.5 Å². The van der Waals surface area contributed by atoms with Crippen molar-refractivity contribution in [1.82, 2.24) is 5.32 Å². The van der Waals surface area contributed by atoms with Crippen LogP contribution in [0.15, 0.2) is 47.1 Å². The first-order valence-electron chi connectivity index (χ1n) is 6.75. The Morgan fingerprint density at radius 3 is 2.80 bits per heavy atom. The molecule has 0 aliphatic rings. The van der Waals surface area contributed by atoms with Gasteiger partial charge in [-0.1, -0.05) is 25.1 Å². The maximum Gasteiger partial charge on any atom is 0.261 e. The summed E-state index contributed by atoms with van der Waals surface area (Å²) in [7, 11) is 0. The van der Waals surface area contributed by atoms with Crippen molar-refractivity contribution in [3.63, 3.8) is 0 Å². The van der Waals surface area contributed by atoms with E-state index < -0.39 is 6.10 Å². The number of ether oxygens (including phenoxy) is 1. The Bertz CT molecular complexity index is 549. The summed E-state index contributed by atoms with van der Waals surface area (Å²) in [5.74, 6) is 1.32. The van der Waals surface area contributed by atoms with Crippen LogP contribution in [-0.4, -0.2) is 12.0 Å². The first-order chi connectivity index (χ1) is 9.70. The van der Waals surface area contributed by atoms with E-state index in [0.29, 0.717) is 6.54 Å². The van der Waals surface area contributed by atoms with Crippen LogP contribution in [0.4, 0.5) is 0 Å². The highest BCUT2D eigenvalue weighted by atomic mass is 16.5. The predicted molar refractivity (Wildman–Crippen MR) is 76.5 cm³/mol. The number of carbonyl (C=O) groups is 1. The van der Waals surface area contributed by atoms with Crippen molar-refractivity contribution in [2.75, 3.05) is 0 Å². The zero-order chi connectivity index (χ0) is 14.4. The van der Waals surface area contributed by atoms with Crippen molar-refractivity contribution in [3.05, 3.63) is 54.0 Å². The van der Waals surface area contributed by atoms with Gasteiger partial charge in [-0.15, -0.1) is 0 Å². The third-order valence-electron chi connectivity index (χ3n) is 3.04. The highest BCUT2D eigenvalue weighted by Gasteiger charge is 2.15. The Balaban J connectivity index is 1.90. The average molecular weight is 273 g/mol. The standard InChI is InChI=1S/C16H19NO3/c1-3-13-7-4-5-9-15(13)20-12(2)16(18)17-11-14-8-6-10-19-14/h4-10,12H,3,11H2,1-2H3,(H,17,18)/t12-/m0/s1. The van der Waals surface area contributed by atoms with E-state index in [1.165, 1.54) is 0 Å². The first-order valence-corrected chi connectivity index (χ1v) is 6.75. The van der Waals surface area contributed by atoms with E-state index in [1.54, 1.807) is 19.3 Å². The lowest BCUT2D eigenvalue weighted by atomic mass is 10.1. The fraction of sp³-hybridized carbons (Fsp3) is 0.312. The van der Waals surface area contributed by atoms with Crippen molar-refractivity contribution < 1.29 is 13.9 Å². The van der Waals surface area contributed by atoms with Crippen molar-refractivity contribution in [3.8, 4) is 5.75 Å². The van der Waals surface area contributed by atoms with E-state index in [0.717, 1.165) is 23.5 Å². The summed E-state index contributed by atoms with van der Waals surface area (Å²) in [6.07, 6.45) is 1.91. The molecule has 0 unspecified atom stereocenters. The normalized spacial score (nSPS) is 11.9. The second-order valence-corrected chi connectivity index (χ2v) is 4.52. The minimum absolute atomic E-state index is 0.160. The van der Waals surface area contributed by atoms with Gasteiger partial charge in [-0.05, 0) is 37.1 Å². The van der Waals surface area contributed by atoms with Gasteiger partial charge in [0.2, 0.25) is 0 Å². The van der Waals surface area contributed by atoms with Crippen LogP contribution in [0, 0.1) is 0 Å². The second-order valence-electron chi connectivity index (χ2n) is 4.52. The fourth-order valence-corrected chi connectivity index (χ4v) is 1.89. The lowest BCUT2D eigenvalue weighted by Crippen LogP contribution is -2.36. The van der Waals surface area contributed by atoms with Gasteiger partial charge in [-0.2, -0.15) is 0 Å². The number of furan rings is 1. The predicted octanol–water partition coefficient (Wildman–Crippen LogP) is 2.93. The SMILES string of the molecule is CCc1ccccc1O[C@@H](C)C(=O)NCc1ccco1. The Morgan fingerprint density at radius 2 is 2.10 bits per heavy atom. The van der Waals surface area contributed by atoms with Gasteiger partial charge in [0.05, 0.1) is 12.8 Å². The molecule has 0 spiro atoms. The molecule has 0 saturated heterocycles. The molecule has 1 atom stereocenters. The Kier molecular flexibility index (Phi) is 4.82. The van der Waals surface area contributed by atoms with E-state index in [9.17, 15) is 4.79 Å². The Hall–Kier alpha value is -2.23. The smallest absolute Gasteiger partial charge is 0.261 e. The van der Waals surface area contributed by atoms with Crippen LogP contribution in [0.2, 0.25) is 0 Å². The molecule has 0 bridgehead atoms. The maximum atomic E-state index is 12.0. The van der Waals surface area contributed by atoms with Crippen LogP contribution in [0.3, 0.4) is 0 Å². The topological polar surface area (TPSA) is 51.5 Å². The number of amides is 1. The molecule has 1 heterocycles. The molecule has 0 aliphatic heterocycles. The quantitative estimate of drug-likeness (QED) is 0.880. The molecular weight excluding hydrogens is 254 g/mol. The number of hydrogen-bond donors (Lipinski definition) is 1. The minimum atomic E-state index is -0.544. The highest BCUT2D eigenvalue weighted by molar-refractivity contribution is 5.80. The molecule has 0 fully saturated rings. The first kappa shape index (κ1) is 14.2. The maximum absolute atomic E-state index is 12.0. The van der Waals surface area contributed by atoms with Crippen LogP contribution in [0.5, 0.6) is 5.75 Å². The van der Waals surface area contributed by atoms with Gasteiger partial charge in [0, 0.05) is 0 Å². The summed E-state index contributed by atoms with van der Waals surface area (Å²) in [6.45, 7) is 4.17. The van der Waals surface area contributed by atoms with Gasteiger partial charge in [-0.25, -0.2) is 0 Å². The molecule has 2 aromatic rings. The van der Waals surface area contributed by atoms with Crippen LogP contribution >= 0.6 is 0 Å². The molecule has 4 nitrogen and oxygen atoms in total. The molecule has 106 valence electrons. The molecular formula is C16H19NO3. The minimum Gasteiger partial charge on any atom is -0.481 e. The van der Waals surface area contributed by atoms with Gasteiger partial charge in [0.25, 0.3) is 5.91 Å². The summed E-state index contributed by atoms with van der Waals surface area (Å²) >= 11 is 0. The lowest BCUT2D eigenvalue weighted by Gasteiger charge is -2.16. The van der Waals surface area contributed by atoms with E-state index in [-0.39, 0.29) is 5.91 Å². The number of hydrogen-bond acceptors (Lipinski definition) is 3. The lowest BCUT2D eigenvalue weighted by molar-refractivity contribution is -0.127. The third kappa shape index (κ3) is 3.63. The monoisotopic (exact) mass is 273 g/mol. The van der Waals surface area contributed by atoms with Crippen LogP contribution in [0.1, 0.15) is 25.2 Å². The van der Waals surface area contributed by atoms with E-state index in [1.807, 2.05) is 30.3 Å². The second kappa shape index (κ2) is 6.80. The number of rotatable bonds is 6. The summed E-state index contributed by atoms with van der Waals surface area (Å²) in [5.41, 5.74) is 1.10. The molecule has 1 amide bonds. The molecule has 0 aliphatic carbocycles. The largest absolute Gasteiger partial charge is 0.481 e. The summed E-state index contributed by atoms with van der Waals surface area (Å²) in [6, 6.07) is 11.4. The van der Waals surface area contributed by atoms with Gasteiger partial charge in [0.15, 0.2) is 6.10 Å². The molecule has 1 N–H and O–H groups in total. The number of aryl methyl sites for hydroxylation is 1. The number of para-hydroxylation sites is 1. The number of carbonyl (C=O) groups excluding carboxylic acids is 1. The van der Waals surface area contributed by atoms with Crippen LogP contribution in [0.25, 0.3) is 0 Å². The molecule has 0 saturated carbocycles. The molecule has 4 heteroatoms. The van der Waals surface area contributed by atoms with E-state index in [2.05, 4.69) is 12.2 Å². The van der Waals surface area contributed by atoms with Crippen LogP contribution in [-0.2, 0) is 17.8 Å². The van der Waals surface area contributed by atoms with Gasteiger partial charge >= 0.3 is 0 Å². The molecule has 0 radical (unpaired) electrons.